The molecule has 2 aromatic carbocycles. The number of benzene rings is 2. The molecule has 0 aromatic heterocycles. The predicted molar refractivity (Wildman–Crippen MR) is 108 cm³/mol. The van der Waals surface area contributed by atoms with Gasteiger partial charge in [-0.1, -0.05) is 30.3 Å². The van der Waals surface area contributed by atoms with E-state index >= 15 is 0 Å². The highest BCUT2D eigenvalue weighted by Crippen LogP contribution is 2.31. The number of rotatable bonds is 8. The van der Waals surface area contributed by atoms with Crippen molar-refractivity contribution >= 4 is 28.3 Å². The molecule has 0 aliphatic carbocycles. The summed E-state index contributed by atoms with van der Waals surface area (Å²) >= 11 is 4.10. The van der Waals surface area contributed by atoms with Crippen LogP contribution in [0.15, 0.2) is 48.5 Å². The molecule has 136 valence electrons. The van der Waals surface area contributed by atoms with Gasteiger partial charge in [0.15, 0.2) is 0 Å². The van der Waals surface area contributed by atoms with Gasteiger partial charge in [0, 0.05) is 13.1 Å². The average molecular weight is 380 g/mol. The molecular weight excluding hydrogens is 354 g/mol. The zero-order chi connectivity index (χ0) is 18.4. The second-order valence-corrected chi connectivity index (χ2v) is 8.68. The normalized spacial score (nSPS) is 11.6. The van der Waals surface area contributed by atoms with Gasteiger partial charge in [0.2, 0.25) is 10.0 Å². The van der Waals surface area contributed by atoms with Crippen LogP contribution in [0.4, 0.5) is 5.69 Å². The van der Waals surface area contributed by atoms with Gasteiger partial charge in [0.1, 0.15) is 5.75 Å². The molecule has 25 heavy (non-hydrogen) atoms. The highest BCUT2D eigenvalue weighted by molar-refractivity contribution is 7.92. The Balaban J connectivity index is 2.46. The summed E-state index contributed by atoms with van der Waals surface area (Å²) in [4.78, 5) is 0. The zero-order valence-corrected chi connectivity index (χ0v) is 16.6. The highest BCUT2D eigenvalue weighted by atomic mass is 32.2. The largest absolute Gasteiger partial charge is 0.491 e. The number of hydrogen-bond donors (Lipinski definition) is 1. The molecule has 0 aliphatic heterocycles. The Labute approximate surface area is 156 Å². The Morgan fingerprint density at radius 1 is 1.08 bits per heavy atom. The fraction of sp³-hybridized carbons (Fsp3) is 0.368. The molecule has 0 unspecified atom stereocenters. The van der Waals surface area contributed by atoms with Crippen LogP contribution in [0.2, 0.25) is 0 Å². The van der Waals surface area contributed by atoms with Crippen LogP contribution in [-0.4, -0.2) is 33.1 Å². The second-order valence-electron chi connectivity index (χ2n) is 6.11. The molecule has 0 bridgehead atoms. The SMILES string of the molecule is CC(C)Oc1cc(-c2ccccc2)cc(N(C)S(=O)(=O)CCCS)c1. The number of sulfonamides is 1. The van der Waals surface area contributed by atoms with Gasteiger partial charge in [0.05, 0.1) is 17.5 Å². The number of thiol groups is 1. The number of ether oxygens (including phenoxy) is 1. The minimum Gasteiger partial charge on any atom is -0.491 e. The maximum Gasteiger partial charge on any atom is 0.234 e. The summed E-state index contributed by atoms with van der Waals surface area (Å²) in [5, 5.41) is 0. The smallest absolute Gasteiger partial charge is 0.234 e. The lowest BCUT2D eigenvalue weighted by atomic mass is 10.0. The molecule has 0 saturated heterocycles. The third kappa shape index (κ3) is 5.41. The van der Waals surface area contributed by atoms with Crippen LogP contribution < -0.4 is 9.04 Å². The van der Waals surface area contributed by atoms with E-state index in [9.17, 15) is 8.42 Å². The van der Waals surface area contributed by atoms with Gasteiger partial charge in [-0.3, -0.25) is 4.31 Å². The predicted octanol–water partition coefficient (Wildman–Crippen LogP) is 4.23. The summed E-state index contributed by atoms with van der Waals surface area (Å²) < 4.78 is 32.2. The third-order valence-electron chi connectivity index (χ3n) is 3.71. The molecule has 0 radical (unpaired) electrons. The second kappa shape index (κ2) is 8.63. The Hall–Kier alpha value is -1.66. The summed E-state index contributed by atoms with van der Waals surface area (Å²) in [6, 6.07) is 15.4. The van der Waals surface area contributed by atoms with Crippen molar-refractivity contribution in [1.29, 1.82) is 0 Å². The first-order valence-electron chi connectivity index (χ1n) is 8.28. The first kappa shape index (κ1) is 19.7. The van der Waals surface area contributed by atoms with Crippen LogP contribution in [0.25, 0.3) is 11.1 Å². The summed E-state index contributed by atoms with van der Waals surface area (Å²) in [6.07, 6.45) is 0.522. The van der Waals surface area contributed by atoms with E-state index in [2.05, 4.69) is 12.6 Å². The standard InChI is InChI=1S/C19H25NO3S2/c1-15(2)23-19-13-17(16-8-5-4-6-9-16)12-18(14-19)20(3)25(21,22)11-7-10-24/h4-6,8-9,12-15,24H,7,10-11H2,1-3H3. The molecule has 0 heterocycles. The molecule has 4 nitrogen and oxygen atoms in total. The number of hydrogen-bond acceptors (Lipinski definition) is 4. The van der Waals surface area contributed by atoms with Crippen LogP contribution >= 0.6 is 12.6 Å². The number of nitrogens with zero attached hydrogens (tertiary/aromatic N) is 1. The van der Waals surface area contributed by atoms with Gasteiger partial charge in [-0.2, -0.15) is 12.6 Å². The quantitative estimate of drug-likeness (QED) is 0.698. The zero-order valence-electron chi connectivity index (χ0n) is 14.8. The van der Waals surface area contributed by atoms with Gasteiger partial charge in [-0.15, -0.1) is 0 Å². The Morgan fingerprint density at radius 3 is 2.36 bits per heavy atom. The topological polar surface area (TPSA) is 46.6 Å². The first-order valence-corrected chi connectivity index (χ1v) is 10.5. The molecule has 0 aliphatic rings. The molecule has 0 fully saturated rings. The van der Waals surface area contributed by atoms with Gasteiger partial charge in [-0.05, 0) is 49.3 Å². The summed E-state index contributed by atoms with van der Waals surface area (Å²) in [7, 11) is -1.81. The lowest BCUT2D eigenvalue weighted by Gasteiger charge is -2.22. The van der Waals surface area contributed by atoms with Gasteiger partial charge >= 0.3 is 0 Å². The lowest BCUT2D eigenvalue weighted by molar-refractivity contribution is 0.242. The first-order chi connectivity index (χ1) is 11.8. The maximum absolute atomic E-state index is 12.5. The van der Waals surface area contributed by atoms with Crippen LogP contribution in [0.1, 0.15) is 20.3 Å². The summed E-state index contributed by atoms with van der Waals surface area (Å²) in [6.45, 7) is 3.89. The van der Waals surface area contributed by atoms with Crippen LogP contribution in [0.5, 0.6) is 5.75 Å². The summed E-state index contributed by atoms with van der Waals surface area (Å²) in [5.41, 5.74) is 2.53. The van der Waals surface area contributed by atoms with Crippen molar-refractivity contribution in [3.63, 3.8) is 0 Å². The Bertz CT molecular complexity index is 790. The van der Waals surface area contributed by atoms with Crippen molar-refractivity contribution in [2.45, 2.75) is 26.4 Å². The van der Waals surface area contributed by atoms with Crippen molar-refractivity contribution in [3.8, 4) is 16.9 Å². The van der Waals surface area contributed by atoms with E-state index in [0.29, 0.717) is 23.6 Å². The van der Waals surface area contributed by atoms with E-state index in [-0.39, 0.29) is 11.9 Å². The van der Waals surface area contributed by atoms with E-state index in [1.807, 2.05) is 56.3 Å². The maximum atomic E-state index is 12.5. The van der Waals surface area contributed by atoms with E-state index in [0.717, 1.165) is 11.1 Å². The minimum absolute atomic E-state index is 0.00460. The highest BCUT2D eigenvalue weighted by Gasteiger charge is 2.19. The lowest BCUT2D eigenvalue weighted by Crippen LogP contribution is -2.29. The van der Waals surface area contributed by atoms with Gasteiger partial charge in [0.25, 0.3) is 0 Å². The average Bonchev–Trinajstić information content (AvgIpc) is 2.59. The molecule has 2 rings (SSSR count). The Kier molecular flexibility index (Phi) is 6.79. The molecule has 0 atom stereocenters. The fourth-order valence-corrected chi connectivity index (χ4v) is 4.03. The van der Waals surface area contributed by atoms with Crippen LogP contribution in [0, 0.1) is 0 Å². The van der Waals surface area contributed by atoms with Crippen molar-refractivity contribution in [2.24, 2.45) is 0 Å². The molecule has 0 amide bonds. The molecular formula is C19H25NO3S2. The fourth-order valence-electron chi connectivity index (χ4n) is 2.45. The van der Waals surface area contributed by atoms with E-state index in [4.69, 9.17) is 4.74 Å². The van der Waals surface area contributed by atoms with Gasteiger partial charge in [-0.25, -0.2) is 8.42 Å². The molecule has 0 saturated carbocycles. The molecule has 2 aromatic rings. The van der Waals surface area contributed by atoms with Crippen LogP contribution in [-0.2, 0) is 10.0 Å². The van der Waals surface area contributed by atoms with E-state index in [1.165, 1.54) is 4.31 Å². The number of anilines is 1. The molecule has 0 N–H and O–H groups in total. The summed E-state index contributed by atoms with van der Waals surface area (Å²) in [5.74, 6) is 1.27. The third-order valence-corrected chi connectivity index (χ3v) is 5.88. The van der Waals surface area contributed by atoms with Crippen LogP contribution in [0.3, 0.4) is 0 Å². The van der Waals surface area contributed by atoms with E-state index in [1.54, 1.807) is 13.1 Å². The molecule has 6 heteroatoms. The molecule has 0 spiro atoms. The van der Waals surface area contributed by atoms with Crippen molar-refractivity contribution in [2.75, 3.05) is 22.9 Å². The van der Waals surface area contributed by atoms with Gasteiger partial charge < -0.3 is 4.74 Å². The monoisotopic (exact) mass is 379 g/mol. The van der Waals surface area contributed by atoms with E-state index < -0.39 is 10.0 Å². The van der Waals surface area contributed by atoms with Crippen molar-refractivity contribution in [1.82, 2.24) is 0 Å². The minimum atomic E-state index is -3.39. The van der Waals surface area contributed by atoms with Crippen molar-refractivity contribution in [3.05, 3.63) is 48.5 Å². The van der Waals surface area contributed by atoms with Crippen molar-refractivity contribution < 1.29 is 13.2 Å². The Morgan fingerprint density at radius 2 is 1.76 bits per heavy atom.